The molecule has 0 amide bonds. The Hall–Kier alpha value is -7.84. The van der Waals surface area contributed by atoms with Crippen molar-refractivity contribution in [3.05, 3.63) is 198 Å². The van der Waals surface area contributed by atoms with Crippen molar-refractivity contribution in [3.8, 4) is 56.7 Å². The van der Waals surface area contributed by atoms with Crippen LogP contribution >= 0.6 is 0 Å². The molecule has 0 N–H and O–H groups in total. The maximum absolute atomic E-state index is 15.5. The third-order valence-electron chi connectivity index (χ3n) is 15.1. The average molecular weight is 1010 g/mol. The molecular weight excluding hydrogens is 944 g/mol. The molecule has 0 unspecified atom stereocenters. The lowest BCUT2D eigenvalue weighted by molar-refractivity contribution is -0.137. The van der Waals surface area contributed by atoms with Crippen molar-refractivity contribution >= 4 is 43.6 Å². The van der Waals surface area contributed by atoms with E-state index in [0.29, 0.717) is 39.9 Å². The summed E-state index contributed by atoms with van der Waals surface area (Å²) < 4.78 is 51.0. The first kappa shape index (κ1) is 50.3. The van der Waals surface area contributed by atoms with Gasteiger partial charge < -0.3 is 9.13 Å². The second-order valence-corrected chi connectivity index (χ2v) is 24.6. The van der Waals surface area contributed by atoms with Crippen molar-refractivity contribution in [2.75, 3.05) is 0 Å². The molecule has 11 aromatic rings. The molecule has 0 saturated heterocycles. The molecule has 8 heteroatoms. The van der Waals surface area contributed by atoms with E-state index < -0.39 is 11.7 Å². The van der Waals surface area contributed by atoms with Crippen LogP contribution in [0.2, 0.25) is 0 Å². The molecule has 11 rings (SSSR count). The number of hydrogen-bond acceptors (Lipinski definition) is 3. The standard InChI is InChI=1S/C68H64F3N5/c1-64(2,3)43-23-30-56-52(35-43)53-36-44(65(4,5)6)24-31-57(53)75(56)48-28-29-49(63-73-61(41-19-15-13-16-20-41)72-62(74-63)42-21-17-14-18-22-42)50(40-48)51-39-47(68(69,70)71)27-34-58(51)76-59-32-25-45(66(7,8)9)37-54(59)55-38-46(67(10,11)12)26-33-60(55)76/h13-40H,1-12H3. The number of alkyl halides is 3. The third kappa shape index (κ3) is 9.05. The number of hydrogen-bond donors (Lipinski definition) is 0. The molecule has 382 valence electrons. The second-order valence-electron chi connectivity index (χ2n) is 24.6. The predicted molar refractivity (Wildman–Crippen MR) is 310 cm³/mol. The Labute approximate surface area is 444 Å². The Morgan fingerprint density at radius 1 is 0.316 bits per heavy atom. The number of benzene rings is 8. The summed E-state index contributed by atoms with van der Waals surface area (Å²) in [6, 6.07) is 56.2. The first-order valence-electron chi connectivity index (χ1n) is 26.2. The molecule has 0 aliphatic rings. The summed E-state index contributed by atoms with van der Waals surface area (Å²) in [5.74, 6) is 1.22. The summed E-state index contributed by atoms with van der Waals surface area (Å²) >= 11 is 0. The molecular formula is C68H64F3N5. The lowest BCUT2D eigenvalue weighted by atomic mass is 9.85. The van der Waals surface area contributed by atoms with E-state index in [1.54, 1.807) is 6.07 Å². The molecule has 76 heavy (non-hydrogen) atoms. The van der Waals surface area contributed by atoms with Crippen molar-refractivity contribution in [1.29, 1.82) is 0 Å². The molecule has 3 aromatic heterocycles. The van der Waals surface area contributed by atoms with Crippen molar-refractivity contribution in [3.63, 3.8) is 0 Å². The van der Waals surface area contributed by atoms with Gasteiger partial charge >= 0.3 is 6.18 Å². The van der Waals surface area contributed by atoms with Crippen molar-refractivity contribution in [1.82, 2.24) is 24.1 Å². The summed E-state index contributed by atoms with van der Waals surface area (Å²) in [5, 5.41) is 4.26. The van der Waals surface area contributed by atoms with Crippen LogP contribution < -0.4 is 0 Å². The number of rotatable bonds is 6. The minimum Gasteiger partial charge on any atom is -0.309 e. The topological polar surface area (TPSA) is 48.5 Å². The van der Waals surface area contributed by atoms with Gasteiger partial charge in [-0.2, -0.15) is 13.2 Å². The SMILES string of the molecule is CC(C)(C)c1ccc2c(c1)c1cc(C(C)(C)C)ccc1n2-c1ccc(-c2nc(-c3ccccc3)nc(-c3ccccc3)n2)c(-c2cc(C(F)(F)F)ccc2-n2c3ccc(C(C)(C)C)cc3c3cc(C(C)(C)C)ccc32)c1. The summed E-state index contributed by atoms with van der Waals surface area (Å²) in [5.41, 5.74) is 11.6. The third-order valence-corrected chi connectivity index (χ3v) is 15.1. The van der Waals surface area contributed by atoms with Gasteiger partial charge in [0.2, 0.25) is 0 Å². The molecule has 0 aliphatic heterocycles. The van der Waals surface area contributed by atoms with Crippen LogP contribution in [-0.4, -0.2) is 24.1 Å². The van der Waals surface area contributed by atoms with Gasteiger partial charge in [0.25, 0.3) is 0 Å². The fourth-order valence-electron chi connectivity index (χ4n) is 10.6. The van der Waals surface area contributed by atoms with Crippen molar-refractivity contribution in [2.24, 2.45) is 0 Å². The minimum atomic E-state index is -4.66. The van der Waals surface area contributed by atoms with Crippen LogP contribution in [0, 0.1) is 0 Å². The normalized spacial score (nSPS) is 12.9. The fraction of sp³-hybridized carbons (Fsp3) is 0.250. The number of aromatic nitrogens is 5. The van der Waals surface area contributed by atoms with Gasteiger partial charge in [0.1, 0.15) is 0 Å². The highest BCUT2D eigenvalue weighted by Crippen LogP contribution is 2.46. The average Bonchev–Trinajstić information content (AvgIpc) is 4.09. The van der Waals surface area contributed by atoms with Gasteiger partial charge in [0.15, 0.2) is 17.5 Å². The Kier molecular flexibility index (Phi) is 11.9. The Balaban J connectivity index is 1.28. The number of halogens is 3. The van der Waals surface area contributed by atoms with Crippen LogP contribution in [0.5, 0.6) is 0 Å². The fourth-order valence-corrected chi connectivity index (χ4v) is 10.6. The summed E-state index contributed by atoms with van der Waals surface area (Å²) in [4.78, 5) is 15.4. The van der Waals surface area contributed by atoms with Crippen molar-refractivity contribution in [2.45, 2.75) is 111 Å². The first-order chi connectivity index (χ1) is 35.8. The van der Waals surface area contributed by atoms with Crippen LogP contribution in [0.1, 0.15) is 111 Å². The molecule has 0 radical (unpaired) electrons. The molecule has 0 aliphatic carbocycles. The lowest BCUT2D eigenvalue weighted by Crippen LogP contribution is -2.10. The van der Waals surface area contributed by atoms with Crippen LogP contribution in [0.4, 0.5) is 13.2 Å². The van der Waals surface area contributed by atoms with Crippen LogP contribution in [-0.2, 0) is 27.8 Å². The van der Waals surface area contributed by atoms with Crippen molar-refractivity contribution < 1.29 is 13.2 Å². The molecule has 3 heterocycles. The van der Waals surface area contributed by atoms with Gasteiger partial charge in [-0.05, 0) is 134 Å². The molecule has 8 aromatic carbocycles. The van der Waals surface area contributed by atoms with Crippen LogP contribution in [0.3, 0.4) is 0 Å². The molecule has 5 nitrogen and oxygen atoms in total. The summed E-state index contributed by atoms with van der Waals surface area (Å²) in [6.07, 6.45) is -4.66. The zero-order valence-electron chi connectivity index (χ0n) is 45.5. The molecule has 0 spiro atoms. The van der Waals surface area contributed by atoms with E-state index in [-0.39, 0.29) is 21.7 Å². The highest BCUT2D eigenvalue weighted by atomic mass is 19.4. The number of nitrogens with zero attached hydrogens (tertiary/aromatic N) is 5. The zero-order chi connectivity index (χ0) is 53.9. The Morgan fingerprint density at radius 2 is 0.684 bits per heavy atom. The van der Waals surface area contributed by atoms with Gasteiger partial charge in [-0.3, -0.25) is 0 Å². The van der Waals surface area contributed by atoms with E-state index in [9.17, 15) is 0 Å². The van der Waals surface area contributed by atoms with E-state index in [2.05, 4.69) is 171 Å². The maximum Gasteiger partial charge on any atom is 0.416 e. The van der Waals surface area contributed by atoms with Gasteiger partial charge in [0.05, 0.1) is 33.3 Å². The Morgan fingerprint density at radius 3 is 1.07 bits per heavy atom. The maximum atomic E-state index is 15.5. The molecule has 0 bridgehead atoms. The van der Waals surface area contributed by atoms with Gasteiger partial charge in [0, 0.05) is 49.5 Å². The quantitative estimate of drug-likeness (QED) is 0.167. The van der Waals surface area contributed by atoms with E-state index in [0.717, 1.165) is 71.6 Å². The Bertz CT molecular complexity index is 3860. The monoisotopic (exact) mass is 1010 g/mol. The second kappa shape index (κ2) is 17.9. The first-order valence-corrected chi connectivity index (χ1v) is 26.2. The highest BCUT2D eigenvalue weighted by molar-refractivity contribution is 6.12. The van der Waals surface area contributed by atoms with Crippen LogP contribution in [0.25, 0.3) is 100 Å². The largest absolute Gasteiger partial charge is 0.416 e. The van der Waals surface area contributed by atoms with Gasteiger partial charge in [-0.25, -0.2) is 15.0 Å². The lowest BCUT2D eigenvalue weighted by Gasteiger charge is -2.21. The van der Waals surface area contributed by atoms with Crippen LogP contribution in [0.15, 0.2) is 170 Å². The van der Waals surface area contributed by atoms with E-state index >= 15 is 13.2 Å². The van der Waals surface area contributed by atoms with E-state index in [1.807, 2.05) is 72.8 Å². The predicted octanol–water partition coefficient (Wildman–Crippen LogP) is 18.9. The van der Waals surface area contributed by atoms with E-state index in [1.165, 1.54) is 23.3 Å². The smallest absolute Gasteiger partial charge is 0.309 e. The molecule has 0 atom stereocenters. The molecule has 0 fully saturated rings. The highest BCUT2D eigenvalue weighted by Gasteiger charge is 2.33. The summed E-state index contributed by atoms with van der Waals surface area (Å²) in [6.45, 7) is 26.6. The zero-order valence-corrected chi connectivity index (χ0v) is 45.5. The molecule has 0 saturated carbocycles. The minimum absolute atomic E-state index is 0.115. The van der Waals surface area contributed by atoms with Gasteiger partial charge in [-0.15, -0.1) is 0 Å². The summed E-state index contributed by atoms with van der Waals surface area (Å²) in [7, 11) is 0. The van der Waals surface area contributed by atoms with E-state index in [4.69, 9.17) is 15.0 Å². The van der Waals surface area contributed by atoms with Gasteiger partial charge in [-0.1, -0.05) is 168 Å². The number of fused-ring (bicyclic) bond motifs is 6.